The quantitative estimate of drug-likeness (QED) is 0.436. The molecule has 0 heterocycles. The monoisotopic (exact) mass is 181 g/mol. The van der Waals surface area contributed by atoms with Crippen molar-refractivity contribution in [1.82, 2.24) is 0 Å². The summed E-state index contributed by atoms with van der Waals surface area (Å²) in [6, 6.07) is 0. The summed E-state index contributed by atoms with van der Waals surface area (Å²) in [6.45, 7) is 0. The first-order chi connectivity index (χ1) is 6.29. The molecule has 0 aromatic carbocycles. The van der Waals surface area contributed by atoms with Crippen LogP contribution in [-0.4, -0.2) is 22.1 Å². The number of oxime groups is 1. The average Bonchev–Trinajstić information content (AvgIpc) is 2.13. The molecule has 0 aliphatic heterocycles. The smallest absolute Gasteiger partial charge is 0.0658 e. The van der Waals surface area contributed by atoms with Gasteiger partial charge in [-0.3, -0.25) is 0 Å². The summed E-state index contributed by atoms with van der Waals surface area (Å²) in [5, 5.41) is 22.2. The molecule has 3 nitrogen and oxygen atoms in total. The Labute approximate surface area is 77.4 Å². The second-order valence-electron chi connectivity index (χ2n) is 4.89. The lowest BCUT2D eigenvalue weighted by Crippen LogP contribution is -2.53. The SMILES string of the molecule is O/N=C1\[C@H]2C[C@H]3C[C@H](C2)[C@H](O)[C@H]1C3. The van der Waals surface area contributed by atoms with Crippen LogP contribution in [0.1, 0.15) is 25.7 Å². The van der Waals surface area contributed by atoms with E-state index in [4.69, 9.17) is 5.21 Å². The number of aliphatic hydroxyl groups is 1. The summed E-state index contributed by atoms with van der Waals surface area (Å²) in [6.07, 6.45) is 4.27. The van der Waals surface area contributed by atoms with E-state index >= 15 is 0 Å². The molecule has 72 valence electrons. The molecule has 13 heavy (non-hydrogen) atoms. The first kappa shape index (κ1) is 7.80. The van der Waals surface area contributed by atoms with Gasteiger partial charge in [0.1, 0.15) is 0 Å². The van der Waals surface area contributed by atoms with E-state index in [1.165, 1.54) is 12.8 Å². The Morgan fingerprint density at radius 1 is 1.15 bits per heavy atom. The van der Waals surface area contributed by atoms with Crippen molar-refractivity contribution in [2.75, 3.05) is 0 Å². The van der Waals surface area contributed by atoms with Crippen LogP contribution in [0.15, 0.2) is 5.16 Å². The minimum absolute atomic E-state index is 0.182. The van der Waals surface area contributed by atoms with Gasteiger partial charge in [-0.05, 0) is 37.5 Å². The van der Waals surface area contributed by atoms with Crippen LogP contribution in [0.25, 0.3) is 0 Å². The van der Waals surface area contributed by atoms with E-state index in [2.05, 4.69) is 5.16 Å². The first-order valence-electron chi connectivity index (χ1n) is 5.19. The zero-order valence-corrected chi connectivity index (χ0v) is 7.56. The maximum absolute atomic E-state index is 9.94. The predicted molar refractivity (Wildman–Crippen MR) is 47.7 cm³/mol. The molecule has 0 amide bonds. The van der Waals surface area contributed by atoms with Crippen LogP contribution in [0.5, 0.6) is 0 Å². The summed E-state index contributed by atoms with van der Waals surface area (Å²) in [4.78, 5) is 0. The van der Waals surface area contributed by atoms with Crippen molar-refractivity contribution < 1.29 is 10.3 Å². The third kappa shape index (κ3) is 0.909. The van der Waals surface area contributed by atoms with Crippen molar-refractivity contribution >= 4 is 5.71 Å². The summed E-state index contributed by atoms with van der Waals surface area (Å²) >= 11 is 0. The van der Waals surface area contributed by atoms with E-state index in [1.807, 2.05) is 0 Å². The standard InChI is InChI=1S/C10H15NO2/c12-10-7-2-5-1-6(4-7)9(11-13)8(10)3-5/h5-8,10,12-13H,1-4H2/b11-9+/t5-,6-,7+,8-,10-/m0/s1. The van der Waals surface area contributed by atoms with Gasteiger partial charge in [0, 0.05) is 11.8 Å². The van der Waals surface area contributed by atoms with Gasteiger partial charge in [0.15, 0.2) is 0 Å². The third-order valence-corrected chi connectivity index (χ3v) is 4.24. The second kappa shape index (κ2) is 2.47. The van der Waals surface area contributed by atoms with Crippen LogP contribution in [0, 0.1) is 23.7 Å². The van der Waals surface area contributed by atoms with Gasteiger partial charge in [0.25, 0.3) is 0 Å². The van der Waals surface area contributed by atoms with E-state index in [1.54, 1.807) is 0 Å². The molecule has 0 aromatic heterocycles. The van der Waals surface area contributed by atoms with Gasteiger partial charge in [-0.25, -0.2) is 0 Å². The van der Waals surface area contributed by atoms with Crippen molar-refractivity contribution in [1.29, 1.82) is 0 Å². The lowest BCUT2D eigenvalue weighted by molar-refractivity contribution is -0.0341. The molecular formula is C10H15NO2. The Balaban J connectivity index is 1.98. The lowest BCUT2D eigenvalue weighted by Gasteiger charge is -2.52. The van der Waals surface area contributed by atoms with Gasteiger partial charge < -0.3 is 10.3 Å². The Kier molecular flexibility index (Phi) is 1.48. The van der Waals surface area contributed by atoms with Gasteiger partial charge in [0.2, 0.25) is 0 Å². The van der Waals surface area contributed by atoms with Gasteiger partial charge in [-0.15, -0.1) is 0 Å². The Morgan fingerprint density at radius 2 is 2.00 bits per heavy atom. The Morgan fingerprint density at radius 3 is 2.77 bits per heavy atom. The number of rotatable bonds is 0. The molecule has 5 atom stereocenters. The highest BCUT2D eigenvalue weighted by molar-refractivity contribution is 5.90. The molecule has 0 unspecified atom stereocenters. The molecule has 4 saturated carbocycles. The largest absolute Gasteiger partial charge is 0.411 e. The minimum atomic E-state index is -0.223. The van der Waals surface area contributed by atoms with Crippen LogP contribution in [0.4, 0.5) is 0 Å². The molecule has 4 aliphatic carbocycles. The molecule has 0 radical (unpaired) electrons. The van der Waals surface area contributed by atoms with Gasteiger partial charge in [-0.1, -0.05) is 5.16 Å². The molecule has 4 rings (SSSR count). The third-order valence-electron chi connectivity index (χ3n) is 4.24. The predicted octanol–water partition coefficient (Wildman–Crippen LogP) is 1.24. The van der Waals surface area contributed by atoms with Crippen LogP contribution in [-0.2, 0) is 0 Å². The Hall–Kier alpha value is -0.570. The maximum Gasteiger partial charge on any atom is 0.0658 e. The van der Waals surface area contributed by atoms with Crippen molar-refractivity contribution in [3.05, 3.63) is 0 Å². The fourth-order valence-electron chi connectivity index (χ4n) is 3.78. The zero-order chi connectivity index (χ0) is 9.00. The van der Waals surface area contributed by atoms with E-state index in [9.17, 15) is 5.11 Å². The summed E-state index contributed by atoms with van der Waals surface area (Å²) < 4.78 is 0. The van der Waals surface area contributed by atoms with Crippen LogP contribution in [0.3, 0.4) is 0 Å². The molecule has 4 bridgehead atoms. The molecular weight excluding hydrogens is 166 g/mol. The molecule has 0 saturated heterocycles. The topological polar surface area (TPSA) is 52.8 Å². The highest BCUT2D eigenvalue weighted by Gasteiger charge is 2.51. The van der Waals surface area contributed by atoms with Crippen LogP contribution >= 0.6 is 0 Å². The number of aliphatic hydroxyl groups excluding tert-OH is 1. The molecule has 4 fully saturated rings. The molecule has 0 aromatic rings. The van der Waals surface area contributed by atoms with E-state index < -0.39 is 0 Å². The Bertz CT molecular complexity index is 264. The summed E-state index contributed by atoms with van der Waals surface area (Å²) in [5.74, 6) is 1.95. The molecule has 2 N–H and O–H groups in total. The van der Waals surface area contributed by atoms with Crippen molar-refractivity contribution in [3.8, 4) is 0 Å². The van der Waals surface area contributed by atoms with Gasteiger partial charge in [-0.2, -0.15) is 0 Å². The molecule has 3 heteroatoms. The normalized spacial score (nSPS) is 56.1. The number of nitrogens with zero attached hydrogens (tertiary/aromatic N) is 1. The van der Waals surface area contributed by atoms with E-state index in [-0.39, 0.29) is 12.0 Å². The highest BCUT2D eigenvalue weighted by atomic mass is 16.4. The highest BCUT2D eigenvalue weighted by Crippen LogP contribution is 2.52. The number of hydrogen-bond acceptors (Lipinski definition) is 3. The van der Waals surface area contributed by atoms with Gasteiger partial charge in [0.05, 0.1) is 11.8 Å². The molecule has 4 aliphatic rings. The van der Waals surface area contributed by atoms with Crippen LogP contribution < -0.4 is 0 Å². The van der Waals surface area contributed by atoms with E-state index in [0.29, 0.717) is 11.8 Å². The zero-order valence-electron chi connectivity index (χ0n) is 7.56. The van der Waals surface area contributed by atoms with Crippen LogP contribution in [0.2, 0.25) is 0 Å². The van der Waals surface area contributed by atoms with E-state index in [0.717, 1.165) is 24.5 Å². The van der Waals surface area contributed by atoms with Gasteiger partial charge >= 0.3 is 0 Å². The fourth-order valence-corrected chi connectivity index (χ4v) is 3.78. The minimum Gasteiger partial charge on any atom is -0.411 e. The van der Waals surface area contributed by atoms with Crippen molar-refractivity contribution in [2.24, 2.45) is 28.8 Å². The number of hydrogen-bond donors (Lipinski definition) is 2. The lowest BCUT2D eigenvalue weighted by atomic mass is 9.54. The first-order valence-corrected chi connectivity index (χ1v) is 5.19. The van der Waals surface area contributed by atoms with Crippen molar-refractivity contribution in [2.45, 2.75) is 31.8 Å². The summed E-state index contributed by atoms with van der Waals surface area (Å²) in [7, 11) is 0. The average molecular weight is 181 g/mol. The molecule has 0 spiro atoms. The second-order valence-corrected chi connectivity index (χ2v) is 4.89. The summed E-state index contributed by atoms with van der Waals surface area (Å²) in [5.41, 5.74) is 0.889. The fraction of sp³-hybridized carbons (Fsp3) is 0.900. The maximum atomic E-state index is 9.94. The van der Waals surface area contributed by atoms with Crippen molar-refractivity contribution in [3.63, 3.8) is 0 Å².